The lowest BCUT2D eigenvalue weighted by molar-refractivity contribution is 0.101. The van der Waals surface area contributed by atoms with Crippen LogP contribution in [0.3, 0.4) is 0 Å². The lowest BCUT2D eigenvalue weighted by Gasteiger charge is -2.11. The average Bonchev–Trinajstić information content (AvgIpc) is 3.29. The molecule has 0 fully saturated rings. The van der Waals surface area contributed by atoms with Gasteiger partial charge in [-0.15, -0.1) is 0 Å². The zero-order chi connectivity index (χ0) is 20.7. The molecule has 0 aliphatic carbocycles. The Bertz CT molecular complexity index is 1400. The summed E-state index contributed by atoms with van der Waals surface area (Å²) in [4.78, 5) is 21.9. The molecular formula is C23H18FN5O. The predicted octanol–water partition coefficient (Wildman–Crippen LogP) is 4.36. The molecule has 148 valence electrons. The molecule has 5 aromatic rings. The van der Waals surface area contributed by atoms with Gasteiger partial charge in [0.25, 0.3) is 5.91 Å². The van der Waals surface area contributed by atoms with Crippen LogP contribution in [0.5, 0.6) is 0 Å². The van der Waals surface area contributed by atoms with Crippen molar-refractivity contribution in [2.45, 2.75) is 6.54 Å². The molecule has 0 saturated heterocycles. The van der Waals surface area contributed by atoms with E-state index in [0.29, 0.717) is 23.6 Å². The summed E-state index contributed by atoms with van der Waals surface area (Å²) in [6, 6.07) is 17.5. The third-order valence-electron chi connectivity index (χ3n) is 5.10. The van der Waals surface area contributed by atoms with Crippen LogP contribution in [-0.4, -0.2) is 25.0 Å². The second kappa shape index (κ2) is 7.11. The van der Waals surface area contributed by atoms with Crippen LogP contribution < -0.4 is 5.32 Å². The quantitative estimate of drug-likeness (QED) is 0.488. The number of carbonyl (C=O) groups is 1. The number of halogens is 1. The molecular weight excluding hydrogens is 381 g/mol. The van der Waals surface area contributed by atoms with Crippen molar-refractivity contribution in [2.24, 2.45) is 7.05 Å². The van der Waals surface area contributed by atoms with Crippen molar-refractivity contribution in [2.75, 3.05) is 5.32 Å². The Morgan fingerprint density at radius 1 is 1.07 bits per heavy atom. The highest BCUT2D eigenvalue weighted by Gasteiger charge is 2.17. The van der Waals surface area contributed by atoms with Gasteiger partial charge in [-0.3, -0.25) is 4.79 Å². The summed E-state index contributed by atoms with van der Waals surface area (Å²) in [5.74, 6) is -0.578. The maximum atomic E-state index is 13.7. The van der Waals surface area contributed by atoms with Gasteiger partial charge in [0, 0.05) is 30.9 Å². The number of amides is 1. The number of hydrogen-bond donors (Lipinski definition) is 1. The summed E-state index contributed by atoms with van der Waals surface area (Å²) in [5.41, 5.74) is 4.32. The fourth-order valence-corrected chi connectivity index (χ4v) is 3.66. The molecule has 3 heterocycles. The Labute approximate surface area is 171 Å². The summed E-state index contributed by atoms with van der Waals surface area (Å²) >= 11 is 0. The molecule has 1 amide bonds. The summed E-state index contributed by atoms with van der Waals surface area (Å²) in [6.45, 7) is 0.334. The van der Waals surface area contributed by atoms with E-state index in [4.69, 9.17) is 0 Å². The van der Waals surface area contributed by atoms with E-state index in [1.54, 1.807) is 29.2 Å². The molecule has 1 N–H and O–H groups in total. The minimum Gasteiger partial charge on any atom is -0.334 e. The normalized spacial score (nSPS) is 11.3. The number of aryl methyl sites for hydroxylation is 1. The molecule has 30 heavy (non-hydrogen) atoms. The van der Waals surface area contributed by atoms with Gasteiger partial charge in [0.1, 0.15) is 17.2 Å². The van der Waals surface area contributed by atoms with Crippen molar-refractivity contribution < 1.29 is 9.18 Å². The van der Waals surface area contributed by atoms with Crippen molar-refractivity contribution in [3.05, 3.63) is 90.3 Å². The molecule has 2 aromatic carbocycles. The number of pyridine rings is 1. The Hall–Kier alpha value is -4.00. The van der Waals surface area contributed by atoms with Crippen molar-refractivity contribution in [1.82, 2.24) is 19.1 Å². The van der Waals surface area contributed by atoms with Crippen molar-refractivity contribution in [3.8, 4) is 0 Å². The predicted molar refractivity (Wildman–Crippen MR) is 114 cm³/mol. The molecule has 5 rings (SSSR count). The average molecular weight is 399 g/mol. The molecule has 0 atom stereocenters. The van der Waals surface area contributed by atoms with Gasteiger partial charge in [0.2, 0.25) is 0 Å². The Kier molecular flexibility index (Phi) is 4.28. The highest BCUT2D eigenvalue weighted by atomic mass is 19.1. The summed E-state index contributed by atoms with van der Waals surface area (Å²) in [5, 5.41) is 3.79. The third kappa shape index (κ3) is 3.20. The van der Waals surface area contributed by atoms with Crippen LogP contribution in [0.4, 0.5) is 10.1 Å². The third-order valence-corrected chi connectivity index (χ3v) is 5.10. The highest BCUT2D eigenvalue weighted by molar-refractivity contribution is 6.06. The van der Waals surface area contributed by atoms with E-state index in [0.717, 1.165) is 22.0 Å². The standard InChI is InChI=1S/C23H18FN5O/c1-28-14-26-19-12-18(7-8-20(19)28)27-23(30)21-11-16-5-3-9-25-22(16)29(21)13-15-4-2-6-17(24)10-15/h2-12,14H,13H2,1H3,(H,27,30). The van der Waals surface area contributed by atoms with Gasteiger partial charge in [-0.2, -0.15) is 0 Å². The molecule has 0 aliphatic rings. The largest absolute Gasteiger partial charge is 0.334 e. The monoisotopic (exact) mass is 399 g/mol. The van der Waals surface area contributed by atoms with Crippen molar-refractivity contribution >= 4 is 33.7 Å². The number of aromatic nitrogens is 4. The van der Waals surface area contributed by atoms with Crippen LogP contribution in [-0.2, 0) is 13.6 Å². The number of nitrogens with zero attached hydrogens (tertiary/aromatic N) is 4. The molecule has 7 heteroatoms. The molecule has 3 aromatic heterocycles. The van der Waals surface area contributed by atoms with E-state index in [-0.39, 0.29) is 11.7 Å². The fraction of sp³-hybridized carbons (Fsp3) is 0.0870. The van der Waals surface area contributed by atoms with E-state index < -0.39 is 0 Å². The molecule has 0 aliphatic heterocycles. The second-order valence-corrected chi connectivity index (χ2v) is 7.17. The summed E-state index contributed by atoms with van der Waals surface area (Å²) in [7, 11) is 1.92. The topological polar surface area (TPSA) is 64.7 Å². The second-order valence-electron chi connectivity index (χ2n) is 7.17. The van der Waals surface area contributed by atoms with Crippen LogP contribution in [0.25, 0.3) is 22.1 Å². The number of anilines is 1. The molecule has 6 nitrogen and oxygen atoms in total. The Morgan fingerprint density at radius 3 is 2.83 bits per heavy atom. The Balaban J connectivity index is 1.52. The molecule has 0 bridgehead atoms. The number of benzene rings is 2. The van der Waals surface area contributed by atoms with Crippen molar-refractivity contribution in [3.63, 3.8) is 0 Å². The first-order valence-electron chi connectivity index (χ1n) is 9.49. The van der Waals surface area contributed by atoms with Crippen molar-refractivity contribution in [1.29, 1.82) is 0 Å². The smallest absolute Gasteiger partial charge is 0.272 e. The minimum atomic E-state index is -0.313. The van der Waals surface area contributed by atoms with E-state index >= 15 is 0 Å². The fourth-order valence-electron chi connectivity index (χ4n) is 3.66. The van der Waals surface area contributed by atoms with Crippen LogP contribution in [0, 0.1) is 5.82 Å². The Morgan fingerprint density at radius 2 is 1.97 bits per heavy atom. The van der Waals surface area contributed by atoms with Crippen LogP contribution in [0.2, 0.25) is 0 Å². The van der Waals surface area contributed by atoms with E-state index in [1.165, 1.54) is 12.1 Å². The maximum Gasteiger partial charge on any atom is 0.272 e. The van der Waals surface area contributed by atoms with Crippen LogP contribution in [0.1, 0.15) is 16.1 Å². The van der Waals surface area contributed by atoms with E-state index in [1.807, 2.05) is 48.0 Å². The summed E-state index contributed by atoms with van der Waals surface area (Å²) < 4.78 is 17.4. The SMILES string of the molecule is Cn1cnc2cc(NC(=O)c3cc4cccnc4n3Cc3cccc(F)c3)ccc21. The molecule has 0 spiro atoms. The number of imidazole rings is 1. The van der Waals surface area contributed by atoms with Gasteiger partial charge in [-0.1, -0.05) is 12.1 Å². The summed E-state index contributed by atoms with van der Waals surface area (Å²) in [6.07, 6.45) is 3.42. The number of rotatable bonds is 4. The maximum absolute atomic E-state index is 13.7. The molecule has 0 radical (unpaired) electrons. The lowest BCUT2D eigenvalue weighted by atomic mass is 10.2. The van der Waals surface area contributed by atoms with Gasteiger partial charge in [0.05, 0.1) is 17.4 Å². The van der Waals surface area contributed by atoms with E-state index in [2.05, 4.69) is 15.3 Å². The van der Waals surface area contributed by atoms with Gasteiger partial charge >= 0.3 is 0 Å². The van der Waals surface area contributed by atoms with Gasteiger partial charge in [-0.05, 0) is 54.1 Å². The van der Waals surface area contributed by atoms with Gasteiger partial charge in [0.15, 0.2) is 0 Å². The van der Waals surface area contributed by atoms with Gasteiger partial charge in [-0.25, -0.2) is 14.4 Å². The first-order valence-corrected chi connectivity index (χ1v) is 9.49. The number of nitrogens with one attached hydrogen (secondary N) is 1. The molecule has 0 saturated carbocycles. The van der Waals surface area contributed by atoms with Crippen LogP contribution >= 0.6 is 0 Å². The zero-order valence-corrected chi connectivity index (χ0v) is 16.2. The number of fused-ring (bicyclic) bond motifs is 2. The first-order chi connectivity index (χ1) is 14.6. The zero-order valence-electron chi connectivity index (χ0n) is 16.2. The molecule has 0 unspecified atom stereocenters. The number of carbonyl (C=O) groups excluding carboxylic acids is 1. The lowest BCUT2D eigenvalue weighted by Crippen LogP contribution is -2.17. The van der Waals surface area contributed by atoms with Gasteiger partial charge < -0.3 is 14.5 Å². The number of hydrogen-bond acceptors (Lipinski definition) is 3. The van der Waals surface area contributed by atoms with E-state index in [9.17, 15) is 9.18 Å². The minimum absolute atomic E-state index is 0.264. The highest BCUT2D eigenvalue weighted by Crippen LogP contribution is 2.22. The first kappa shape index (κ1) is 18.1. The van der Waals surface area contributed by atoms with Crippen LogP contribution in [0.15, 0.2) is 73.2 Å².